The average Bonchev–Trinajstić information content (AvgIpc) is 1.61. The first-order valence-corrected chi connectivity index (χ1v) is 2.78. The molecule has 0 unspecified atom stereocenters. The van der Waals surface area contributed by atoms with Crippen molar-refractivity contribution in [2.45, 2.75) is 0 Å². The minimum absolute atomic E-state index is 1.51. The topological polar surface area (TPSA) is 21.6 Å². The molecule has 0 aromatic rings. The summed E-state index contributed by atoms with van der Waals surface area (Å²) in [7, 11) is 1.52. The molecule has 0 fully saturated rings. The van der Waals surface area contributed by atoms with E-state index in [1.807, 2.05) is 6.26 Å². The third-order valence-corrected chi connectivity index (χ3v) is 0.551. The summed E-state index contributed by atoms with van der Waals surface area (Å²) in [4.78, 5) is 4.33. The first-order valence-electron chi connectivity index (χ1n) is 1.49. The van der Waals surface area contributed by atoms with Crippen molar-refractivity contribution in [2.75, 3.05) is 13.4 Å². The molecule has 3 heteroatoms. The van der Waals surface area contributed by atoms with Gasteiger partial charge in [0.1, 0.15) is 7.11 Å². The van der Waals surface area contributed by atoms with E-state index < -0.39 is 0 Å². The Morgan fingerprint density at radius 2 is 2.50 bits per heavy atom. The summed E-state index contributed by atoms with van der Waals surface area (Å²) >= 11 is 1.51. The fourth-order valence-electron chi connectivity index (χ4n) is 0.0861. The van der Waals surface area contributed by atoms with Gasteiger partial charge in [0.2, 0.25) is 0 Å². The van der Waals surface area contributed by atoms with Crippen LogP contribution in [0.5, 0.6) is 0 Å². The van der Waals surface area contributed by atoms with E-state index in [-0.39, 0.29) is 0 Å². The van der Waals surface area contributed by atoms with Crippen LogP contribution in [0.1, 0.15) is 0 Å². The first kappa shape index (κ1) is 5.82. The zero-order valence-corrected chi connectivity index (χ0v) is 4.66. The number of thioether (sulfide) groups is 1. The molecule has 0 heterocycles. The highest BCUT2D eigenvalue weighted by Crippen LogP contribution is 1.81. The van der Waals surface area contributed by atoms with Crippen LogP contribution in [0.25, 0.3) is 0 Å². The van der Waals surface area contributed by atoms with Gasteiger partial charge >= 0.3 is 0 Å². The number of hydrogen-bond acceptors (Lipinski definition) is 3. The molecule has 0 aliphatic carbocycles. The quantitative estimate of drug-likeness (QED) is 0.296. The lowest BCUT2D eigenvalue weighted by atomic mass is 11.7. The Kier molecular flexibility index (Phi) is 4.68. The maximum atomic E-state index is 4.33. The molecule has 0 rings (SSSR count). The van der Waals surface area contributed by atoms with E-state index in [1.54, 1.807) is 5.55 Å². The van der Waals surface area contributed by atoms with Crippen LogP contribution in [0.3, 0.4) is 0 Å². The predicted molar refractivity (Wildman–Crippen MR) is 29.0 cm³/mol. The van der Waals surface area contributed by atoms with Crippen LogP contribution in [0.15, 0.2) is 5.16 Å². The molecule has 0 aromatic carbocycles. The summed E-state index contributed by atoms with van der Waals surface area (Å²) in [5.74, 6) is 0. The summed E-state index contributed by atoms with van der Waals surface area (Å²) in [6, 6.07) is 0. The van der Waals surface area contributed by atoms with Gasteiger partial charge in [0.25, 0.3) is 0 Å². The Bertz CT molecular complexity index is 40.1. The number of oxime groups is 1. The summed E-state index contributed by atoms with van der Waals surface area (Å²) in [6.07, 6.45) is 1.92. The highest BCUT2D eigenvalue weighted by molar-refractivity contribution is 8.11. The van der Waals surface area contributed by atoms with Crippen molar-refractivity contribution in [1.29, 1.82) is 0 Å². The lowest BCUT2D eigenvalue weighted by Gasteiger charge is -1.78. The van der Waals surface area contributed by atoms with E-state index >= 15 is 0 Å². The summed E-state index contributed by atoms with van der Waals surface area (Å²) < 4.78 is 0. The normalized spacial score (nSPS) is 9.67. The van der Waals surface area contributed by atoms with Crippen molar-refractivity contribution < 1.29 is 4.84 Å². The monoisotopic (exact) mass is 105 g/mol. The Labute approximate surface area is 41.6 Å². The molecule has 0 radical (unpaired) electrons. The van der Waals surface area contributed by atoms with Crippen LogP contribution in [0, 0.1) is 0 Å². The first-order chi connectivity index (χ1) is 2.91. The fourth-order valence-corrected chi connectivity index (χ4v) is 0.258. The van der Waals surface area contributed by atoms with Gasteiger partial charge in [0.05, 0.1) is 5.55 Å². The van der Waals surface area contributed by atoms with Gasteiger partial charge in [-0.15, -0.1) is 11.8 Å². The maximum Gasteiger partial charge on any atom is 0.106 e. The number of rotatable bonds is 2. The Balaban J connectivity index is 2.73. The Morgan fingerprint density at radius 1 is 1.83 bits per heavy atom. The zero-order chi connectivity index (χ0) is 4.83. The minimum atomic E-state index is 1.51. The molecule has 2 nitrogen and oxygen atoms in total. The van der Waals surface area contributed by atoms with E-state index in [9.17, 15) is 0 Å². The third-order valence-electron chi connectivity index (χ3n) is 0.254. The van der Waals surface area contributed by atoms with Gasteiger partial charge in [-0.2, -0.15) is 0 Å². The van der Waals surface area contributed by atoms with Gasteiger partial charge < -0.3 is 4.84 Å². The molecule has 0 bridgehead atoms. The molecule has 36 valence electrons. The Morgan fingerprint density at radius 3 is 2.67 bits per heavy atom. The smallest absolute Gasteiger partial charge is 0.106 e. The lowest BCUT2D eigenvalue weighted by Crippen LogP contribution is -1.64. The second-order valence-electron chi connectivity index (χ2n) is 0.629. The van der Waals surface area contributed by atoms with Crippen molar-refractivity contribution in [1.82, 2.24) is 0 Å². The van der Waals surface area contributed by atoms with Crippen molar-refractivity contribution >= 4 is 17.3 Å². The largest absolute Gasteiger partial charge is 0.399 e. The molecule has 0 spiro atoms. The molecule has 0 aromatic heterocycles. The maximum absolute atomic E-state index is 4.33. The van der Waals surface area contributed by atoms with E-state index in [4.69, 9.17) is 0 Å². The fraction of sp³-hybridized carbons (Fsp3) is 0.667. The molecule has 0 aliphatic rings. The Hall–Kier alpha value is -0.180. The molecule has 0 amide bonds. The molecule has 6 heavy (non-hydrogen) atoms. The van der Waals surface area contributed by atoms with Crippen LogP contribution in [0.4, 0.5) is 0 Å². The number of nitrogens with zero attached hydrogens (tertiary/aromatic N) is 1. The van der Waals surface area contributed by atoms with Gasteiger partial charge in [-0.25, -0.2) is 0 Å². The minimum Gasteiger partial charge on any atom is -0.399 e. The van der Waals surface area contributed by atoms with E-state index in [1.165, 1.54) is 18.9 Å². The molecular weight excluding hydrogens is 98.1 g/mol. The van der Waals surface area contributed by atoms with Gasteiger partial charge in [-0.1, -0.05) is 5.16 Å². The van der Waals surface area contributed by atoms with E-state index in [0.717, 1.165) is 0 Å². The molecule has 0 N–H and O–H groups in total. The molecule has 0 atom stereocenters. The van der Waals surface area contributed by atoms with Crippen molar-refractivity contribution in [3.05, 3.63) is 0 Å². The second-order valence-corrected chi connectivity index (χ2v) is 1.31. The second kappa shape index (κ2) is 4.82. The van der Waals surface area contributed by atoms with Gasteiger partial charge in [0, 0.05) is 0 Å². The van der Waals surface area contributed by atoms with Gasteiger partial charge in [-0.05, 0) is 6.26 Å². The van der Waals surface area contributed by atoms with Gasteiger partial charge in [-0.3, -0.25) is 0 Å². The van der Waals surface area contributed by atoms with Crippen LogP contribution in [-0.2, 0) is 4.84 Å². The van der Waals surface area contributed by atoms with Gasteiger partial charge in [0.15, 0.2) is 0 Å². The van der Waals surface area contributed by atoms with Crippen LogP contribution in [-0.4, -0.2) is 18.9 Å². The summed E-state index contributed by atoms with van der Waals surface area (Å²) in [5.41, 5.74) is 1.62. The molecule has 0 saturated heterocycles. The zero-order valence-electron chi connectivity index (χ0n) is 3.84. The predicted octanol–water partition coefficient (Wildman–Crippen LogP) is 0.939. The standard InChI is InChI=1S/C3H7NOS/c1-5-4-3-6-2/h3H,1-2H3. The molecule has 0 saturated carbocycles. The number of hydrogen-bond donors (Lipinski definition) is 0. The highest BCUT2D eigenvalue weighted by Gasteiger charge is 1.59. The third kappa shape index (κ3) is 3.82. The highest BCUT2D eigenvalue weighted by atomic mass is 32.2. The molecule has 0 aliphatic heterocycles. The molecular formula is C3H7NOS. The summed E-state index contributed by atoms with van der Waals surface area (Å²) in [5, 5.41) is 3.43. The lowest BCUT2D eigenvalue weighted by molar-refractivity contribution is 0.216. The van der Waals surface area contributed by atoms with Crippen molar-refractivity contribution in [3.8, 4) is 0 Å². The summed E-state index contributed by atoms with van der Waals surface area (Å²) in [6.45, 7) is 0. The van der Waals surface area contributed by atoms with E-state index in [0.29, 0.717) is 0 Å². The van der Waals surface area contributed by atoms with Crippen LogP contribution < -0.4 is 0 Å². The van der Waals surface area contributed by atoms with Crippen LogP contribution >= 0.6 is 11.8 Å². The average molecular weight is 105 g/mol. The van der Waals surface area contributed by atoms with Crippen LogP contribution in [0.2, 0.25) is 0 Å². The SMILES string of the molecule is CON=CSC. The van der Waals surface area contributed by atoms with Crippen molar-refractivity contribution in [3.63, 3.8) is 0 Å². The van der Waals surface area contributed by atoms with E-state index in [2.05, 4.69) is 9.99 Å². The van der Waals surface area contributed by atoms with Crippen molar-refractivity contribution in [2.24, 2.45) is 5.16 Å².